The number of hydrogen-bond acceptors (Lipinski definition) is 4. The number of methoxy groups -OCH3 is 2. The first-order valence-corrected chi connectivity index (χ1v) is 9.11. The maximum Gasteiger partial charge on any atom is 0.224 e. The van der Waals surface area contributed by atoms with Crippen molar-refractivity contribution in [2.24, 2.45) is 0 Å². The quantitative estimate of drug-likeness (QED) is 0.580. The van der Waals surface area contributed by atoms with Crippen LogP contribution in [0.1, 0.15) is 12.0 Å². The summed E-state index contributed by atoms with van der Waals surface area (Å²) in [7, 11) is 3.20. The second-order valence-corrected chi connectivity index (χ2v) is 6.31. The number of aryl methyl sites for hydroxylation is 1. The molecule has 144 valence electrons. The second kappa shape index (κ2) is 9.46. The van der Waals surface area contributed by atoms with Gasteiger partial charge in [-0.05, 0) is 54.4 Å². The van der Waals surface area contributed by atoms with E-state index in [1.165, 1.54) is 0 Å². The van der Waals surface area contributed by atoms with Crippen LogP contribution in [-0.4, -0.2) is 20.1 Å². The molecule has 0 unspecified atom stereocenters. The molecule has 0 aliphatic rings. The van der Waals surface area contributed by atoms with Crippen LogP contribution in [0.5, 0.6) is 11.5 Å². The summed E-state index contributed by atoms with van der Waals surface area (Å²) in [6, 6.07) is 23.3. The topological polar surface area (TPSA) is 59.6 Å². The molecular weight excluding hydrogens is 352 g/mol. The Morgan fingerprint density at radius 3 is 2.25 bits per heavy atom. The molecule has 2 N–H and O–H groups in total. The molecule has 0 atom stereocenters. The first-order chi connectivity index (χ1) is 13.7. The lowest BCUT2D eigenvalue weighted by Gasteiger charge is -2.11. The van der Waals surface area contributed by atoms with Gasteiger partial charge in [0, 0.05) is 23.5 Å². The number of nitrogens with one attached hydrogen (secondary N) is 2. The minimum atomic E-state index is -0.0355. The molecule has 5 nitrogen and oxygen atoms in total. The highest BCUT2D eigenvalue weighted by Gasteiger charge is 2.08. The zero-order valence-electron chi connectivity index (χ0n) is 16.1. The van der Waals surface area contributed by atoms with Gasteiger partial charge in [0.2, 0.25) is 5.91 Å². The summed E-state index contributed by atoms with van der Waals surface area (Å²) in [5, 5.41) is 6.28. The van der Waals surface area contributed by atoms with Gasteiger partial charge in [0.15, 0.2) is 11.5 Å². The third kappa shape index (κ3) is 5.27. The monoisotopic (exact) mass is 376 g/mol. The highest BCUT2D eigenvalue weighted by Crippen LogP contribution is 2.28. The van der Waals surface area contributed by atoms with Crippen LogP contribution in [0, 0.1) is 0 Å². The van der Waals surface area contributed by atoms with Crippen molar-refractivity contribution in [2.45, 2.75) is 12.8 Å². The van der Waals surface area contributed by atoms with Gasteiger partial charge < -0.3 is 20.1 Å². The fraction of sp³-hybridized carbons (Fsp3) is 0.174. The van der Waals surface area contributed by atoms with E-state index in [9.17, 15) is 4.79 Å². The van der Waals surface area contributed by atoms with Crippen LogP contribution in [0.2, 0.25) is 0 Å². The molecule has 0 bridgehead atoms. The molecule has 3 aromatic rings. The van der Waals surface area contributed by atoms with E-state index in [4.69, 9.17) is 9.47 Å². The van der Waals surface area contributed by atoms with E-state index in [0.717, 1.165) is 22.6 Å². The molecule has 0 spiro atoms. The minimum Gasteiger partial charge on any atom is -0.493 e. The lowest BCUT2D eigenvalue weighted by atomic mass is 10.1. The van der Waals surface area contributed by atoms with Gasteiger partial charge in [-0.25, -0.2) is 0 Å². The standard InChI is InChI=1S/C23H24N2O3/c1-27-21-13-11-17(15-22(21)28-2)12-14-23(26)25-20-10-6-9-19(16-20)24-18-7-4-3-5-8-18/h3-11,13,15-16,24H,12,14H2,1-2H3,(H,25,26). The Kier molecular flexibility index (Phi) is 6.52. The molecule has 3 aromatic carbocycles. The Morgan fingerprint density at radius 2 is 1.50 bits per heavy atom. The van der Waals surface area contributed by atoms with E-state index in [1.54, 1.807) is 14.2 Å². The van der Waals surface area contributed by atoms with Crippen molar-refractivity contribution < 1.29 is 14.3 Å². The van der Waals surface area contributed by atoms with E-state index in [-0.39, 0.29) is 5.91 Å². The van der Waals surface area contributed by atoms with E-state index < -0.39 is 0 Å². The van der Waals surface area contributed by atoms with Crippen molar-refractivity contribution in [3.05, 3.63) is 78.4 Å². The smallest absolute Gasteiger partial charge is 0.224 e. The molecule has 5 heteroatoms. The van der Waals surface area contributed by atoms with Gasteiger partial charge in [0.25, 0.3) is 0 Å². The molecule has 0 aromatic heterocycles. The first kappa shape index (κ1) is 19.3. The molecule has 3 rings (SSSR count). The number of para-hydroxylation sites is 1. The molecule has 28 heavy (non-hydrogen) atoms. The summed E-state index contributed by atoms with van der Waals surface area (Å²) in [5.74, 6) is 1.31. The minimum absolute atomic E-state index is 0.0355. The van der Waals surface area contributed by atoms with Crippen LogP contribution in [-0.2, 0) is 11.2 Å². The van der Waals surface area contributed by atoms with Gasteiger partial charge in [0.05, 0.1) is 14.2 Å². The zero-order chi connectivity index (χ0) is 19.8. The van der Waals surface area contributed by atoms with Crippen LogP contribution in [0.3, 0.4) is 0 Å². The van der Waals surface area contributed by atoms with E-state index in [2.05, 4.69) is 10.6 Å². The fourth-order valence-electron chi connectivity index (χ4n) is 2.88. The maximum absolute atomic E-state index is 12.3. The molecule has 1 amide bonds. The molecule has 0 saturated carbocycles. The first-order valence-electron chi connectivity index (χ1n) is 9.11. The zero-order valence-corrected chi connectivity index (χ0v) is 16.1. The normalized spacial score (nSPS) is 10.2. The van der Waals surface area contributed by atoms with Crippen LogP contribution in [0.25, 0.3) is 0 Å². The summed E-state index contributed by atoms with van der Waals surface area (Å²) in [6.07, 6.45) is 1.000. The second-order valence-electron chi connectivity index (χ2n) is 6.31. The average Bonchev–Trinajstić information content (AvgIpc) is 2.73. The van der Waals surface area contributed by atoms with Gasteiger partial charge >= 0.3 is 0 Å². The lowest BCUT2D eigenvalue weighted by Crippen LogP contribution is -2.12. The Bertz CT molecular complexity index is 926. The summed E-state index contributed by atoms with van der Waals surface area (Å²) < 4.78 is 10.5. The van der Waals surface area contributed by atoms with Gasteiger partial charge in [-0.1, -0.05) is 30.3 Å². The van der Waals surface area contributed by atoms with E-state index in [0.29, 0.717) is 24.3 Å². The van der Waals surface area contributed by atoms with Crippen molar-refractivity contribution in [2.75, 3.05) is 24.9 Å². The Hall–Kier alpha value is -3.47. The number of hydrogen-bond donors (Lipinski definition) is 2. The number of carbonyl (C=O) groups excluding carboxylic acids is 1. The number of ether oxygens (including phenoxy) is 2. The Balaban J connectivity index is 1.57. The van der Waals surface area contributed by atoms with Crippen LogP contribution in [0.4, 0.5) is 17.1 Å². The molecule has 0 fully saturated rings. The summed E-state index contributed by atoms with van der Waals surface area (Å²) >= 11 is 0. The van der Waals surface area contributed by atoms with Crippen molar-refractivity contribution in [1.29, 1.82) is 0 Å². The van der Waals surface area contributed by atoms with Gasteiger partial charge in [-0.3, -0.25) is 4.79 Å². The number of benzene rings is 3. The van der Waals surface area contributed by atoms with Crippen molar-refractivity contribution in [3.63, 3.8) is 0 Å². The number of rotatable bonds is 8. The molecule has 0 radical (unpaired) electrons. The van der Waals surface area contributed by atoms with E-state index in [1.807, 2.05) is 72.8 Å². The highest BCUT2D eigenvalue weighted by atomic mass is 16.5. The Labute approximate surface area is 165 Å². The molecule has 0 heterocycles. The number of amides is 1. The summed E-state index contributed by atoms with van der Waals surface area (Å²) in [6.45, 7) is 0. The molecule has 0 aliphatic carbocycles. The average molecular weight is 376 g/mol. The predicted octanol–water partition coefficient (Wildman–Crippen LogP) is 5.02. The van der Waals surface area contributed by atoms with Gasteiger partial charge in [-0.15, -0.1) is 0 Å². The van der Waals surface area contributed by atoms with Crippen LogP contribution < -0.4 is 20.1 Å². The van der Waals surface area contributed by atoms with Gasteiger partial charge in [-0.2, -0.15) is 0 Å². The highest BCUT2D eigenvalue weighted by molar-refractivity contribution is 5.91. The SMILES string of the molecule is COc1ccc(CCC(=O)Nc2cccc(Nc3ccccc3)c2)cc1OC. The largest absolute Gasteiger partial charge is 0.493 e. The number of carbonyl (C=O) groups is 1. The molecular formula is C23H24N2O3. The van der Waals surface area contributed by atoms with Crippen molar-refractivity contribution >= 4 is 23.0 Å². The lowest BCUT2D eigenvalue weighted by molar-refractivity contribution is -0.116. The molecule has 0 aliphatic heterocycles. The predicted molar refractivity (Wildman–Crippen MR) is 113 cm³/mol. The van der Waals surface area contributed by atoms with Crippen LogP contribution in [0.15, 0.2) is 72.8 Å². The van der Waals surface area contributed by atoms with Crippen molar-refractivity contribution in [1.82, 2.24) is 0 Å². The van der Waals surface area contributed by atoms with Crippen LogP contribution >= 0.6 is 0 Å². The van der Waals surface area contributed by atoms with Crippen molar-refractivity contribution in [3.8, 4) is 11.5 Å². The third-order valence-corrected chi connectivity index (χ3v) is 4.30. The van der Waals surface area contributed by atoms with Gasteiger partial charge in [0.1, 0.15) is 0 Å². The fourth-order valence-corrected chi connectivity index (χ4v) is 2.88. The van der Waals surface area contributed by atoms with E-state index >= 15 is 0 Å². The summed E-state index contributed by atoms with van der Waals surface area (Å²) in [5.41, 5.74) is 3.70. The summed E-state index contributed by atoms with van der Waals surface area (Å²) in [4.78, 5) is 12.3. The number of anilines is 3. The maximum atomic E-state index is 12.3. The molecule has 0 saturated heterocycles. The Morgan fingerprint density at radius 1 is 0.786 bits per heavy atom. The third-order valence-electron chi connectivity index (χ3n) is 4.30.